The molecule has 2 heteroatoms. The van der Waals surface area contributed by atoms with Crippen molar-refractivity contribution >= 4 is 23.2 Å². The van der Waals surface area contributed by atoms with Crippen LogP contribution in [0.3, 0.4) is 0 Å². The number of hydrogen-bond acceptors (Lipinski definition) is 0. The van der Waals surface area contributed by atoms with Gasteiger partial charge in [-0.1, -0.05) is 80.8 Å². The van der Waals surface area contributed by atoms with Crippen LogP contribution in [-0.2, 0) is 0 Å². The van der Waals surface area contributed by atoms with Crippen molar-refractivity contribution in [3.05, 3.63) is 25.3 Å². The predicted molar refractivity (Wildman–Crippen MR) is 76.3 cm³/mol. The van der Waals surface area contributed by atoms with Gasteiger partial charge in [0.05, 0.1) is 0 Å². The smallest absolute Gasteiger partial charge is 0.103 e. The highest BCUT2D eigenvalue weighted by Gasteiger charge is 2.28. The molecule has 0 aliphatic rings. The SMILES string of the molecule is C=CC(CCCCCCCC)C(Cl)(Cl)C=C. The second-order valence-corrected chi connectivity index (χ2v) is 5.72. The molecule has 0 aromatic carbocycles. The van der Waals surface area contributed by atoms with Gasteiger partial charge in [-0.3, -0.25) is 0 Å². The zero-order chi connectivity index (χ0) is 12.4. The summed E-state index contributed by atoms with van der Waals surface area (Å²) in [5.74, 6) is 0.111. The van der Waals surface area contributed by atoms with Crippen LogP contribution in [0.2, 0.25) is 0 Å². The van der Waals surface area contributed by atoms with Crippen LogP contribution in [0.4, 0.5) is 0 Å². The molecule has 0 amide bonds. The lowest BCUT2D eigenvalue weighted by Gasteiger charge is -2.23. The Labute approximate surface area is 111 Å². The number of allylic oxidation sites excluding steroid dienone is 2. The summed E-state index contributed by atoms with van der Waals surface area (Å²) in [4.78, 5) is 0. The van der Waals surface area contributed by atoms with Gasteiger partial charge in [0.1, 0.15) is 4.33 Å². The predicted octanol–water partition coefficient (Wildman–Crippen LogP) is 5.90. The molecule has 0 aromatic heterocycles. The maximum absolute atomic E-state index is 6.13. The van der Waals surface area contributed by atoms with Gasteiger partial charge in [0.25, 0.3) is 0 Å². The molecule has 16 heavy (non-hydrogen) atoms. The van der Waals surface area contributed by atoms with Crippen molar-refractivity contribution in [3.8, 4) is 0 Å². The van der Waals surface area contributed by atoms with Crippen LogP contribution in [0.25, 0.3) is 0 Å². The van der Waals surface area contributed by atoms with Gasteiger partial charge in [-0.05, 0) is 6.42 Å². The van der Waals surface area contributed by atoms with Crippen LogP contribution in [-0.4, -0.2) is 4.33 Å². The van der Waals surface area contributed by atoms with Crippen LogP contribution in [0.15, 0.2) is 25.3 Å². The van der Waals surface area contributed by atoms with E-state index in [0.717, 1.165) is 12.8 Å². The Hall–Kier alpha value is 0.0600. The van der Waals surface area contributed by atoms with Crippen LogP contribution in [0, 0.1) is 5.92 Å². The first-order valence-electron chi connectivity index (χ1n) is 6.22. The van der Waals surface area contributed by atoms with Crippen molar-refractivity contribution in [1.29, 1.82) is 0 Å². The fourth-order valence-corrected chi connectivity index (χ4v) is 2.16. The molecule has 0 saturated carbocycles. The highest BCUT2D eigenvalue weighted by molar-refractivity contribution is 6.50. The van der Waals surface area contributed by atoms with Gasteiger partial charge < -0.3 is 0 Å². The van der Waals surface area contributed by atoms with E-state index >= 15 is 0 Å². The van der Waals surface area contributed by atoms with Gasteiger partial charge in [0.15, 0.2) is 0 Å². The van der Waals surface area contributed by atoms with E-state index in [4.69, 9.17) is 23.2 Å². The molecule has 0 nitrogen and oxygen atoms in total. The Morgan fingerprint density at radius 2 is 1.62 bits per heavy atom. The second kappa shape index (κ2) is 9.13. The van der Waals surface area contributed by atoms with Crippen LogP contribution in [0.5, 0.6) is 0 Å². The number of halogens is 2. The fourth-order valence-electron chi connectivity index (χ4n) is 1.76. The number of unbranched alkanes of at least 4 members (excludes halogenated alkanes) is 5. The van der Waals surface area contributed by atoms with Crippen LogP contribution >= 0.6 is 23.2 Å². The molecule has 0 rings (SSSR count). The van der Waals surface area contributed by atoms with Crippen molar-refractivity contribution in [1.82, 2.24) is 0 Å². The van der Waals surface area contributed by atoms with E-state index in [-0.39, 0.29) is 5.92 Å². The summed E-state index contributed by atoms with van der Waals surface area (Å²) in [5.41, 5.74) is 0. The molecule has 0 aliphatic carbocycles. The Kier molecular flexibility index (Phi) is 9.16. The van der Waals surface area contributed by atoms with E-state index in [1.165, 1.54) is 32.1 Å². The highest BCUT2D eigenvalue weighted by Crippen LogP contribution is 2.35. The highest BCUT2D eigenvalue weighted by atomic mass is 35.5. The first kappa shape index (κ1) is 16.1. The molecule has 1 atom stereocenters. The maximum atomic E-state index is 6.13. The van der Waals surface area contributed by atoms with Crippen LogP contribution < -0.4 is 0 Å². The Balaban J connectivity index is 3.72. The van der Waals surface area contributed by atoms with E-state index < -0.39 is 4.33 Å². The minimum absolute atomic E-state index is 0.111. The third kappa shape index (κ3) is 6.60. The monoisotopic (exact) mass is 262 g/mol. The molecule has 1 unspecified atom stereocenters. The van der Waals surface area contributed by atoms with E-state index in [0.29, 0.717) is 0 Å². The van der Waals surface area contributed by atoms with E-state index in [9.17, 15) is 0 Å². The van der Waals surface area contributed by atoms with E-state index in [2.05, 4.69) is 20.1 Å². The number of hydrogen-bond donors (Lipinski definition) is 0. The van der Waals surface area contributed by atoms with E-state index in [1.54, 1.807) is 6.08 Å². The number of alkyl halides is 2. The summed E-state index contributed by atoms with van der Waals surface area (Å²) >= 11 is 12.3. The van der Waals surface area contributed by atoms with Crippen molar-refractivity contribution in [2.45, 2.75) is 56.2 Å². The van der Waals surface area contributed by atoms with Crippen molar-refractivity contribution in [3.63, 3.8) is 0 Å². The zero-order valence-corrected chi connectivity index (χ0v) is 11.9. The summed E-state index contributed by atoms with van der Waals surface area (Å²) in [7, 11) is 0. The molecule has 0 spiro atoms. The average molecular weight is 263 g/mol. The topological polar surface area (TPSA) is 0 Å². The molecular formula is C14H24Cl2. The lowest BCUT2D eigenvalue weighted by molar-refractivity contribution is 0.510. The van der Waals surface area contributed by atoms with Gasteiger partial charge in [-0.25, -0.2) is 0 Å². The van der Waals surface area contributed by atoms with Gasteiger partial charge in [-0.2, -0.15) is 0 Å². The lowest BCUT2D eigenvalue weighted by Crippen LogP contribution is -2.20. The van der Waals surface area contributed by atoms with Crippen molar-refractivity contribution in [2.24, 2.45) is 5.92 Å². The van der Waals surface area contributed by atoms with Gasteiger partial charge >= 0.3 is 0 Å². The summed E-state index contributed by atoms with van der Waals surface area (Å²) in [5, 5.41) is 0. The Morgan fingerprint density at radius 3 is 2.12 bits per heavy atom. The molecule has 94 valence electrons. The molecule has 0 aliphatic heterocycles. The summed E-state index contributed by atoms with van der Waals surface area (Å²) in [6.07, 6.45) is 12.1. The first-order valence-corrected chi connectivity index (χ1v) is 6.98. The molecule has 0 heterocycles. The Morgan fingerprint density at radius 1 is 1.06 bits per heavy atom. The molecule has 0 bridgehead atoms. The van der Waals surface area contributed by atoms with Gasteiger partial charge in [0.2, 0.25) is 0 Å². The fraction of sp³-hybridized carbons (Fsp3) is 0.714. The summed E-state index contributed by atoms with van der Waals surface area (Å²) < 4.78 is -0.856. The standard InChI is InChI=1S/C14H24Cl2/c1-4-7-8-9-10-11-12-13(5-2)14(15,16)6-3/h5-6,13H,2-4,7-12H2,1H3. The molecule has 0 aromatic rings. The molecule has 0 radical (unpaired) electrons. The number of rotatable bonds is 10. The largest absolute Gasteiger partial charge is 0.142 e. The zero-order valence-electron chi connectivity index (χ0n) is 10.4. The Bertz CT molecular complexity index is 197. The van der Waals surface area contributed by atoms with E-state index in [1.807, 2.05) is 6.08 Å². The molecule has 0 saturated heterocycles. The quantitative estimate of drug-likeness (QED) is 0.261. The molecule has 0 fully saturated rings. The normalized spacial score (nSPS) is 13.4. The first-order chi connectivity index (χ1) is 7.58. The minimum atomic E-state index is -0.856. The van der Waals surface area contributed by atoms with Crippen LogP contribution in [0.1, 0.15) is 51.9 Å². The summed E-state index contributed by atoms with van der Waals surface area (Å²) in [6.45, 7) is 9.67. The lowest BCUT2D eigenvalue weighted by atomic mass is 9.96. The average Bonchev–Trinajstić information content (AvgIpc) is 2.28. The van der Waals surface area contributed by atoms with Crippen molar-refractivity contribution in [2.75, 3.05) is 0 Å². The minimum Gasteiger partial charge on any atom is -0.103 e. The summed E-state index contributed by atoms with van der Waals surface area (Å²) in [6, 6.07) is 0. The van der Waals surface area contributed by atoms with Gasteiger partial charge in [-0.15, -0.1) is 13.2 Å². The van der Waals surface area contributed by atoms with Gasteiger partial charge in [0, 0.05) is 5.92 Å². The maximum Gasteiger partial charge on any atom is 0.142 e. The van der Waals surface area contributed by atoms with Crippen molar-refractivity contribution < 1.29 is 0 Å². The third-order valence-corrected chi connectivity index (χ3v) is 3.79. The molecule has 0 N–H and O–H groups in total. The molecular weight excluding hydrogens is 239 g/mol. The second-order valence-electron chi connectivity index (χ2n) is 4.28. The third-order valence-electron chi connectivity index (χ3n) is 2.92.